The Morgan fingerprint density at radius 1 is 0.815 bits per heavy atom. The molecule has 0 bridgehead atoms. The third kappa shape index (κ3) is 2.93. The van der Waals surface area contributed by atoms with Crippen molar-refractivity contribution in [3.8, 4) is 0 Å². The highest BCUT2D eigenvalue weighted by atomic mass is 16.2. The Morgan fingerprint density at radius 2 is 1.37 bits per heavy atom. The Morgan fingerprint density at radius 3 is 1.96 bits per heavy atom. The topological polar surface area (TPSA) is 77.7 Å². The molecule has 0 aromatic heterocycles. The third-order valence-electron chi connectivity index (χ3n) is 4.34. The van der Waals surface area contributed by atoms with Crippen molar-refractivity contribution in [3.05, 3.63) is 60.7 Å². The van der Waals surface area contributed by atoms with Crippen LogP contribution in [0.1, 0.15) is 13.8 Å². The summed E-state index contributed by atoms with van der Waals surface area (Å²) in [7, 11) is 0. The molecule has 0 fully saturated rings. The van der Waals surface area contributed by atoms with Crippen molar-refractivity contribution in [1.29, 1.82) is 0 Å². The molecule has 0 aliphatic carbocycles. The summed E-state index contributed by atoms with van der Waals surface area (Å²) in [5.41, 5.74) is 2.51. The summed E-state index contributed by atoms with van der Waals surface area (Å²) in [5.74, 6) is -0.637. The predicted octanol–water partition coefficient (Wildman–Crippen LogP) is 2.64. The number of carbonyl (C=O) groups excluding carboxylic acids is 2. The van der Waals surface area contributed by atoms with Crippen molar-refractivity contribution in [3.63, 3.8) is 0 Å². The average molecular weight is 359 g/mol. The molecule has 0 saturated heterocycles. The smallest absolute Gasteiger partial charge is 0.270 e. The van der Waals surface area contributed by atoms with Gasteiger partial charge in [0.25, 0.3) is 11.8 Å². The predicted molar refractivity (Wildman–Crippen MR) is 105 cm³/mol. The lowest BCUT2D eigenvalue weighted by atomic mass is 10.1. The second-order valence-corrected chi connectivity index (χ2v) is 6.25. The van der Waals surface area contributed by atoms with E-state index >= 15 is 0 Å². The van der Waals surface area contributed by atoms with Gasteiger partial charge in [-0.15, -0.1) is 0 Å². The van der Waals surface area contributed by atoms with E-state index in [-0.39, 0.29) is 17.5 Å². The molecule has 27 heavy (non-hydrogen) atoms. The zero-order valence-electron chi connectivity index (χ0n) is 14.9. The van der Waals surface area contributed by atoms with Crippen LogP contribution in [0.3, 0.4) is 0 Å². The molecule has 2 aromatic carbocycles. The lowest BCUT2D eigenvalue weighted by molar-refractivity contribution is -0.117. The van der Waals surface area contributed by atoms with Gasteiger partial charge in [-0.25, -0.2) is 0 Å². The van der Waals surface area contributed by atoms with Crippen LogP contribution in [0.5, 0.6) is 0 Å². The van der Waals surface area contributed by atoms with Gasteiger partial charge in [-0.2, -0.15) is 20.2 Å². The zero-order chi connectivity index (χ0) is 19.0. The Labute approximate surface area is 156 Å². The number of rotatable bonds is 3. The molecule has 2 aromatic rings. The number of hydrogen-bond acceptors (Lipinski definition) is 5. The standard InChI is InChI=1S/C20H17N5O2/c1-13-17(19(26)24(22-13)15-9-5-3-6-10-15)21-18-14(2)23-25(20(18)27)16-11-7-4-8-12-16/h3-12,17H,1-2H3/t17-/m1/s1. The first-order valence-electron chi connectivity index (χ1n) is 8.53. The summed E-state index contributed by atoms with van der Waals surface area (Å²) < 4.78 is 0. The van der Waals surface area contributed by atoms with E-state index in [4.69, 9.17) is 0 Å². The number of para-hydroxylation sites is 2. The van der Waals surface area contributed by atoms with Gasteiger partial charge >= 0.3 is 0 Å². The molecule has 2 aliphatic heterocycles. The maximum Gasteiger partial charge on any atom is 0.298 e. The molecule has 0 radical (unpaired) electrons. The van der Waals surface area contributed by atoms with E-state index in [1.807, 2.05) is 36.4 Å². The number of amides is 2. The first-order valence-corrected chi connectivity index (χ1v) is 8.53. The fraction of sp³-hybridized carbons (Fsp3) is 0.150. The van der Waals surface area contributed by atoms with Gasteiger partial charge in [-0.05, 0) is 38.1 Å². The van der Waals surface area contributed by atoms with Crippen LogP contribution >= 0.6 is 0 Å². The summed E-state index contributed by atoms with van der Waals surface area (Å²) in [5, 5.41) is 11.2. The number of aliphatic imine (C=N–C) groups is 1. The van der Waals surface area contributed by atoms with E-state index in [0.29, 0.717) is 22.8 Å². The largest absolute Gasteiger partial charge is 0.298 e. The first kappa shape index (κ1) is 16.8. The maximum atomic E-state index is 12.8. The lowest BCUT2D eigenvalue weighted by Crippen LogP contribution is -2.34. The molecule has 0 unspecified atom stereocenters. The minimum atomic E-state index is -0.829. The van der Waals surface area contributed by atoms with Crippen LogP contribution in [0.4, 0.5) is 11.4 Å². The van der Waals surface area contributed by atoms with Crippen molar-refractivity contribution in [1.82, 2.24) is 0 Å². The second-order valence-electron chi connectivity index (χ2n) is 6.25. The number of anilines is 2. The van der Waals surface area contributed by atoms with Crippen molar-refractivity contribution < 1.29 is 9.59 Å². The summed E-state index contributed by atoms with van der Waals surface area (Å²) in [6, 6.07) is 17.4. The molecule has 0 spiro atoms. The molecule has 7 heteroatoms. The highest BCUT2D eigenvalue weighted by Crippen LogP contribution is 2.24. The van der Waals surface area contributed by atoms with Crippen LogP contribution in [-0.2, 0) is 9.59 Å². The van der Waals surface area contributed by atoms with E-state index in [1.54, 1.807) is 38.1 Å². The normalized spacial score (nSPS) is 21.1. The molecule has 134 valence electrons. The molecule has 0 saturated carbocycles. The summed E-state index contributed by atoms with van der Waals surface area (Å²) in [4.78, 5) is 30.0. The highest BCUT2D eigenvalue weighted by molar-refractivity contribution is 6.71. The first-order chi connectivity index (χ1) is 13.1. The minimum Gasteiger partial charge on any atom is -0.270 e. The van der Waals surface area contributed by atoms with Gasteiger partial charge in [-0.1, -0.05) is 36.4 Å². The van der Waals surface area contributed by atoms with Crippen molar-refractivity contribution in [2.45, 2.75) is 19.9 Å². The molecule has 4 rings (SSSR count). The molecular formula is C20H17N5O2. The van der Waals surface area contributed by atoms with Crippen molar-refractivity contribution in [2.24, 2.45) is 15.2 Å². The molecule has 2 heterocycles. The molecule has 1 atom stereocenters. The Bertz CT molecular complexity index is 996. The summed E-state index contributed by atoms with van der Waals surface area (Å²) in [6.07, 6.45) is 0. The van der Waals surface area contributed by atoms with E-state index < -0.39 is 6.04 Å². The van der Waals surface area contributed by atoms with Crippen molar-refractivity contribution >= 4 is 40.3 Å². The quantitative estimate of drug-likeness (QED) is 0.845. The summed E-state index contributed by atoms with van der Waals surface area (Å²) >= 11 is 0. The van der Waals surface area contributed by atoms with Gasteiger partial charge in [-0.3, -0.25) is 14.6 Å². The number of hydrogen-bond donors (Lipinski definition) is 0. The van der Waals surface area contributed by atoms with Gasteiger partial charge < -0.3 is 0 Å². The maximum absolute atomic E-state index is 12.8. The van der Waals surface area contributed by atoms with E-state index in [1.165, 1.54) is 10.0 Å². The molecular weight excluding hydrogens is 342 g/mol. The molecule has 0 N–H and O–H groups in total. The SMILES string of the molecule is CC1=NN(c2ccccc2)C(=O)C1=N[C@H]1C(=O)N(c2ccccc2)N=C1C. The van der Waals surface area contributed by atoms with Crippen LogP contribution in [0, 0.1) is 0 Å². The van der Waals surface area contributed by atoms with Gasteiger partial charge in [0.2, 0.25) is 0 Å². The Balaban J connectivity index is 1.63. The zero-order valence-corrected chi connectivity index (χ0v) is 14.9. The third-order valence-corrected chi connectivity index (χ3v) is 4.34. The van der Waals surface area contributed by atoms with E-state index in [9.17, 15) is 9.59 Å². The van der Waals surface area contributed by atoms with E-state index in [0.717, 1.165) is 0 Å². The fourth-order valence-corrected chi connectivity index (χ4v) is 2.98. The van der Waals surface area contributed by atoms with E-state index in [2.05, 4.69) is 15.2 Å². The molecule has 2 aliphatic rings. The van der Waals surface area contributed by atoms with Crippen LogP contribution in [0.2, 0.25) is 0 Å². The number of hydrazone groups is 2. The number of carbonyl (C=O) groups is 2. The number of nitrogens with zero attached hydrogens (tertiary/aromatic N) is 5. The van der Waals surface area contributed by atoms with Gasteiger partial charge in [0.15, 0.2) is 6.04 Å². The number of benzene rings is 2. The second kappa shape index (κ2) is 6.60. The van der Waals surface area contributed by atoms with Gasteiger partial charge in [0, 0.05) is 0 Å². The van der Waals surface area contributed by atoms with Crippen LogP contribution in [0.15, 0.2) is 75.9 Å². The van der Waals surface area contributed by atoms with Gasteiger partial charge in [0.05, 0.1) is 22.8 Å². The van der Waals surface area contributed by atoms with Crippen LogP contribution < -0.4 is 10.0 Å². The Hall–Kier alpha value is -3.61. The average Bonchev–Trinajstić information content (AvgIpc) is 3.14. The Kier molecular flexibility index (Phi) is 4.12. The summed E-state index contributed by atoms with van der Waals surface area (Å²) in [6.45, 7) is 3.44. The lowest BCUT2D eigenvalue weighted by Gasteiger charge is -2.13. The van der Waals surface area contributed by atoms with Gasteiger partial charge in [0.1, 0.15) is 5.71 Å². The minimum absolute atomic E-state index is 0.182. The van der Waals surface area contributed by atoms with Crippen LogP contribution in [0.25, 0.3) is 0 Å². The molecule has 2 amide bonds. The van der Waals surface area contributed by atoms with Crippen LogP contribution in [-0.4, -0.2) is 35.0 Å². The monoisotopic (exact) mass is 359 g/mol. The highest BCUT2D eigenvalue weighted by Gasteiger charge is 2.38. The van der Waals surface area contributed by atoms with Crippen molar-refractivity contribution in [2.75, 3.05) is 10.0 Å². The molecule has 7 nitrogen and oxygen atoms in total. The fourth-order valence-electron chi connectivity index (χ4n) is 2.98.